The molecule has 0 saturated carbocycles. The van der Waals surface area contributed by atoms with E-state index in [-0.39, 0.29) is 23.6 Å². The third-order valence-electron chi connectivity index (χ3n) is 3.17. The Morgan fingerprint density at radius 1 is 1.44 bits per heavy atom. The molecule has 0 aromatic carbocycles. The van der Waals surface area contributed by atoms with Gasteiger partial charge in [-0.1, -0.05) is 17.8 Å². The minimum atomic E-state index is -0.611. The van der Waals surface area contributed by atoms with Crippen molar-refractivity contribution in [2.75, 3.05) is 5.75 Å². The van der Waals surface area contributed by atoms with Gasteiger partial charge in [0.05, 0.1) is 17.5 Å². The quantitative estimate of drug-likeness (QED) is 0.404. The fourth-order valence-corrected chi connectivity index (χ4v) is 3.67. The maximum Gasteiger partial charge on any atom is 0.293 e. The molecule has 9 heteroatoms. The van der Waals surface area contributed by atoms with Crippen LogP contribution in [-0.2, 0) is 11.3 Å². The lowest BCUT2D eigenvalue weighted by molar-refractivity contribution is -0.117. The van der Waals surface area contributed by atoms with Crippen LogP contribution in [0.25, 0.3) is 10.2 Å². The predicted molar refractivity (Wildman–Crippen MR) is 96.0 cm³/mol. The lowest BCUT2D eigenvalue weighted by atomic mass is 10.4. The molecule has 7 nitrogen and oxygen atoms in total. The van der Waals surface area contributed by atoms with Gasteiger partial charge in [-0.05, 0) is 23.6 Å². The molecule has 0 fully saturated rings. The first-order valence-electron chi connectivity index (χ1n) is 7.19. The summed E-state index contributed by atoms with van der Waals surface area (Å²) in [5, 5.41) is 4.42. The largest absolute Gasteiger partial charge is 0.459 e. The van der Waals surface area contributed by atoms with E-state index in [1.807, 2.05) is 0 Å². The van der Waals surface area contributed by atoms with Gasteiger partial charge in [0.25, 0.3) is 11.5 Å². The minimum absolute atomic E-state index is 0.0553. The Bertz CT molecular complexity index is 989. The molecule has 0 aliphatic heterocycles. The number of carbonyl (C=O) groups excluding carboxylic acids is 2. The summed E-state index contributed by atoms with van der Waals surface area (Å²) in [7, 11) is 0. The zero-order valence-electron chi connectivity index (χ0n) is 12.9. The molecule has 128 valence electrons. The molecule has 0 aliphatic carbocycles. The molecule has 3 aromatic rings. The maximum absolute atomic E-state index is 12.5. The third-order valence-corrected chi connectivity index (χ3v) is 5.04. The van der Waals surface area contributed by atoms with E-state index < -0.39 is 11.8 Å². The van der Waals surface area contributed by atoms with Crippen LogP contribution in [0.15, 0.2) is 56.9 Å². The van der Waals surface area contributed by atoms with Crippen molar-refractivity contribution in [3.63, 3.8) is 0 Å². The van der Waals surface area contributed by atoms with Crippen molar-refractivity contribution in [3.05, 3.63) is 58.6 Å². The van der Waals surface area contributed by atoms with Crippen LogP contribution < -0.4 is 10.9 Å². The van der Waals surface area contributed by atoms with Crippen molar-refractivity contribution in [3.8, 4) is 0 Å². The standard InChI is InChI=1S/C16H13N3O4S2/c1-2-6-19-15(22)13-10(5-8-24-13)17-16(19)25-9-12(20)18-14(21)11-4-3-7-23-11/h2-5,7-8H,1,6,9H2,(H,18,20,21). The van der Waals surface area contributed by atoms with Crippen LogP contribution in [-0.4, -0.2) is 27.1 Å². The summed E-state index contributed by atoms with van der Waals surface area (Å²) in [5.74, 6) is -1.12. The first kappa shape index (κ1) is 17.2. The second-order valence-electron chi connectivity index (χ2n) is 4.88. The Balaban J connectivity index is 1.75. The molecule has 3 aromatic heterocycles. The zero-order chi connectivity index (χ0) is 17.8. The van der Waals surface area contributed by atoms with Gasteiger partial charge in [-0.3, -0.25) is 24.3 Å². The van der Waals surface area contributed by atoms with Gasteiger partial charge in [0.2, 0.25) is 5.91 Å². The average Bonchev–Trinajstić information content (AvgIpc) is 3.27. The van der Waals surface area contributed by atoms with Gasteiger partial charge in [-0.25, -0.2) is 4.98 Å². The molecule has 3 rings (SSSR count). The lowest BCUT2D eigenvalue weighted by Crippen LogP contribution is -2.32. The Kier molecular flexibility index (Phi) is 5.15. The number of aromatic nitrogens is 2. The number of hydrogen-bond donors (Lipinski definition) is 1. The summed E-state index contributed by atoms with van der Waals surface area (Å²) in [4.78, 5) is 40.6. The normalized spacial score (nSPS) is 10.7. The smallest absolute Gasteiger partial charge is 0.293 e. The van der Waals surface area contributed by atoms with Gasteiger partial charge < -0.3 is 4.42 Å². The number of furan rings is 1. The Hall–Kier alpha value is -2.65. The fraction of sp³-hybridized carbons (Fsp3) is 0.125. The molecular weight excluding hydrogens is 362 g/mol. The van der Waals surface area contributed by atoms with Gasteiger partial charge in [-0.2, -0.15) is 0 Å². The second kappa shape index (κ2) is 7.49. The number of hydrogen-bond acceptors (Lipinski definition) is 7. The number of allylic oxidation sites excluding steroid dienone is 1. The number of amides is 2. The summed E-state index contributed by atoms with van der Waals surface area (Å²) in [5.41, 5.74) is 0.416. The predicted octanol–water partition coefficient (Wildman–Crippen LogP) is 2.29. The van der Waals surface area contributed by atoms with Gasteiger partial charge in [0.1, 0.15) is 4.70 Å². The van der Waals surface area contributed by atoms with Crippen LogP contribution in [0.2, 0.25) is 0 Å². The van der Waals surface area contributed by atoms with Crippen molar-refractivity contribution in [1.82, 2.24) is 14.9 Å². The highest BCUT2D eigenvalue weighted by Gasteiger charge is 2.16. The molecule has 0 spiro atoms. The number of fused-ring (bicyclic) bond motifs is 1. The van der Waals surface area contributed by atoms with Crippen LogP contribution in [0.5, 0.6) is 0 Å². The Labute approximate surface area is 150 Å². The lowest BCUT2D eigenvalue weighted by Gasteiger charge is -2.09. The van der Waals surface area contributed by atoms with Crippen LogP contribution in [0, 0.1) is 0 Å². The summed E-state index contributed by atoms with van der Waals surface area (Å²) >= 11 is 2.40. The topological polar surface area (TPSA) is 94.2 Å². The molecular formula is C16H13N3O4S2. The molecule has 0 saturated heterocycles. The molecule has 2 amide bonds. The van der Waals surface area contributed by atoms with Crippen molar-refractivity contribution in [1.29, 1.82) is 0 Å². The molecule has 25 heavy (non-hydrogen) atoms. The number of imide groups is 1. The maximum atomic E-state index is 12.5. The van der Waals surface area contributed by atoms with Crippen LogP contribution in [0.3, 0.4) is 0 Å². The molecule has 1 N–H and O–H groups in total. The van der Waals surface area contributed by atoms with Gasteiger partial charge in [0.15, 0.2) is 10.9 Å². The van der Waals surface area contributed by atoms with Crippen molar-refractivity contribution in [2.45, 2.75) is 11.7 Å². The van der Waals surface area contributed by atoms with E-state index in [2.05, 4.69) is 16.9 Å². The Morgan fingerprint density at radius 3 is 3.00 bits per heavy atom. The highest BCUT2D eigenvalue weighted by Crippen LogP contribution is 2.20. The highest BCUT2D eigenvalue weighted by atomic mass is 32.2. The molecule has 0 unspecified atom stereocenters. The molecule has 0 bridgehead atoms. The van der Waals surface area contributed by atoms with Crippen molar-refractivity contribution >= 4 is 45.1 Å². The molecule has 0 atom stereocenters. The summed E-state index contributed by atoms with van der Waals surface area (Å²) in [6.07, 6.45) is 2.94. The number of carbonyl (C=O) groups is 2. The number of rotatable bonds is 6. The van der Waals surface area contributed by atoms with E-state index in [1.165, 1.54) is 28.2 Å². The van der Waals surface area contributed by atoms with E-state index in [0.29, 0.717) is 15.4 Å². The minimum Gasteiger partial charge on any atom is -0.459 e. The number of thioether (sulfide) groups is 1. The third kappa shape index (κ3) is 3.72. The summed E-state index contributed by atoms with van der Waals surface area (Å²) < 4.78 is 6.94. The first-order chi connectivity index (χ1) is 12.1. The van der Waals surface area contributed by atoms with E-state index >= 15 is 0 Å². The van der Waals surface area contributed by atoms with Crippen LogP contribution >= 0.6 is 23.1 Å². The SMILES string of the molecule is C=CCn1c(SCC(=O)NC(=O)c2ccco2)nc2ccsc2c1=O. The average molecular weight is 375 g/mol. The van der Waals surface area contributed by atoms with E-state index in [4.69, 9.17) is 4.42 Å². The van der Waals surface area contributed by atoms with Crippen LogP contribution in [0.1, 0.15) is 10.6 Å². The zero-order valence-corrected chi connectivity index (χ0v) is 14.6. The second-order valence-corrected chi connectivity index (χ2v) is 6.74. The van der Waals surface area contributed by atoms with Gasteiger partial charge in [-0.15, -0.1) is 17.9 Å². The van der Waals surface area contributed by atoms with Gasteiger partial charge >= 0.3 is 0 Å². The Morgan fingerprint density at radius 2 is 2.28 bits per heavy atom. The van der Waals surface area contributed by atoms with E-state index in [9.17, 15) is 14.4 Å². The molecule has 3 heterocycles. The molecule has 0 radical (unpaired) electrons. The number of thiophene rings is 1. The summed E-state index contributed by atoms with van der Waals surface area (Å²) in [6.45, 7) is 3.93. The fourth-order valence-electron chi connectivity index (χ4n) is 2.09. The highest BCUT2D eigenvalue weighted by molar-refractivity contribution is 7.99. The van der Waals surface area contributed by atoms with Crippen molar-refractivity contribution in [2.24, 2.45) is 0 Å². The van der Waals surface area contributed by atoms with E-state index in [0.717, 1.165) is 11.8 Å². The summed E-state index contributed by atoms with van der Waals surface area (Å²) in [6, 6.07) is 4.77. The number of nitrogens with zero attached hydrogens (tertiary/aromatic N) is 2. The monoisotopic (exact) mass is 375 g/mol. The number of nitrogens with one attached hydrogen (secondary N) is 1. The molecule has 0 aliphatic rings. The van der Waals surface area contributed by atoms with Crippen molar-refractivity contribution < 1.29 is 14.0 Å². The van der Waals surface area contributed by atoms with Gasteiger partial charge in [0, 0.05) is 6.54 Å². The van der Waals surface area contributed by atoms with E-state index in [1.54, 1.807) is 23.6 Å². The first-order valence-corrected chi connectivity index (χ1v) is 9.06. The van der Waals surface area contributed by atoms with Crippen LogP contribution in [0.4, 0.5) is 0 Å².